The quantitative estimate of drug-likeness (QED) is 0.694. The smallest absolute Gasteiger partial charge is 0.286 e. The molecule has 0 saturated heterocycles. The molecule has 0 radical (unpaired) electrons. The summed E-state index contributed by atoms with van der Waals surface area (Å²) in [6.45, 7) is 0. The van der Waals surface area contributed by atoms with E-state index in [9.17, 15) is 0 Å². The Bertz CT molecular complexity index is 491. The maximum absolute atomic E-state index is 8.82. The van der Waals surface area contributed by atoms with Crippen molar-refractivity contribution in [2.75, 3.05) is 5.73 Å². The average molecular weight is 219 g/mol. The molecule has 72 valence electrons. The fourth-order valence-electron chi connectivity index (χ4n) is 1.16. The highest BCUT2D eigenvalue weighted by Crippen LogP contribution is 2.21. The number of halogens is 1. The van der Waals surface area contributed by atoms with Crippen LogP contribution in [0.5, 0.6) is 0 Å². The minimum atomic E-state index is -0.0790. The zero-order valence-corrected chi connectivity index (χ0v) is 8.26. The first-order chi connectivity index (χ1) is 7.15. The number of anilines is 1. The number of pyridine rings is 1. The lowest BCUT2D eigenvalue weighted by atomic mass is 10.0. The highest BCUT2D eigenvalue weighted by molar-refractivity contribution is 6.29. The van der Waals surface area contributed by atoms with Crippen molar-refractivity contribution in [3.63, 3.8) is 0 Å². The van der Waals surface area contributed by atoms with Crippen LogP contribution >= 0.6 is 11.6 Å². The number of nitrogens with two attached hydrogens (primary N) is 1. The standard InChI is InChI=1S/C9H4ClN5/c10-8-6(3-12)5(1-2-11)7(4-13)9(14)15-8/h1H2,(H2,14,15)/p+1. The zero-order chi connectivity index (χ0) is 11.4. The largest absolute Gasteiger partial charge is 0.289 e. The Morgan fingerprint density at radius 3 is 2.27 bits per heavy atom. The average Bonchev–Trinajstić information content (AvgIpc) is 2.18. The molecule has 1 aromatic heterocycles. The van der Waals surface area contributed by atoms with Crippen molar-refractivity contribution < 1.29 is 4.98 Å². The minimum absolute atomic E-state index is 0.0410. The van der Waals surface area contributed by atoms with Gasteiger partial charge in [0.05, 0.1) is 12.5 Å². The summed E-state index contributed by atoms with van der Waals surface area (Å²) in [5, 5.41) is 26.3. The van der Waals surface area contributed by atoms with E-state index in [-0.39, 0.29) is 34.1 Å². The van der Waals surface area contributed by atoms with E-state index in [2.05, 4.69) is 4.98 Å². The molecule has 0 aliphatic heterocycles. The SMILES string of the molecule is N#CCc1c(C#N)c(N)[nH+]c(Cl)c1C#N. The van der Waals surface area contributed by atoms with Crippen LogP contribution in [0.15, 0.2) is 0 Å². The van der Waals surface area contributed by atoms with Gasteiger partial charge in [0.25, 0.3) is 5.82 Å². The highest BCUT2D eigenvalue weighted by atomic mass is 35.5. The van der Waals surface area contributed by atoms with Crippen LogP contribution in [0.1, 0.15) is 16.7 Å². The van der Waals surface area contributed by atoms with Crippen molar-refractivity contribution >= 4 is 17.4 Å². The van der Waals surface area contributed by atoms with E-state index in [0.717, 1.165) is 0 Å². The number of hydrogen-bond donors (Lipinski definition) is 1. The molecule has 0 unspecified atom stereocenters. The van der Waals surface area contributed by atoms with Gasteiger partial charge in [0.2, 0.25) is 5.15 Å². The van der Waals surface area contributed by atoms with Gasteiger partial charge in [-0.25, -0.2) is 4.98 Å². The van der Waals surface area contributed by atoms with Crippen LogP contribution in [0.25, 0.3) is 0 Å². The molecule has 0 atom stereocenters. The first-order valence-corrected chi connectivity index (χ1v) is 4.23. The number of nitrogens with one attached hydrogen (secondary N) is 1. The molecule has 0 fully saturated rings. The summed E-state index contributed by atoms with van der Waals surface area (Å²) in [6.07, 6.45) is -0.0790. The van der Waals surface area contributed by atoms with E-state index >= 15 is 0 Å². The number of nitrogens with zero attached hydrogens (tertiary/aromatic N) is 3. The third kappa shape index (κ3) is 1.81. The van der Waals surface area contributed by atoms with Crippen LogP contribution in [-0.4, -0.2) is 0 Å². The first kappa shape index (κ1) is 10.8. The van der Waals surface area contributed by atoms with Gasteiger partial charge in [0, 0.05) is 5.56 Å². The van der Waals surface area contributed by atoms with E-state index in [0.29, 0.717) is 0 Å². The Hall–Kier alpha value is -2.29. The summed E-state index contributed by atoms with van der Waals surface area (Å²) in [7, 11) is 0. The molecule has 0 spiro atoms. The van der Waals surface area contributed by atoms with Gasteiger partial charge in [-0.2, -0.15) is 15.8 Å². The molecule has 0 aromatic carbocycles. The second kappa shape index (κ2) is 4.28. The number of nitrogen functional groups attached to an aromatic ring is 1. The van der Waals surface area contributed by atoms with Crippen molar-refractivity contribution in [2.45, 2.75) is 6.42 Å². The van der Waals surface area contributed by atoms with E-state index in [4.69, 9.17) is 33.1 Å². The third-order valence-electron chi connectivity index (χ3n) is 1.82. The molecule has 1 heterocycles. The maximum Gasteiger partial charge on any atom is 0.289 e. The second-order valence-electron chi connectivity index (χ2n) is 2.64. The van der Waals surface area contributed by atoms with E-state index in [1.54, 1.807) is 0 Å². The van der Waals surface area contributed by atoms with Gasteiger partial charge in [0.15, 0.2) is 0 Å². The normalized spacial score (nSPS) is 8.67. The second-order valence-corrected chi connectivity index (χ2v) is 3.02. The van der Waals surface area contributed by atoms with Gasteiger partial charge in [-0.05, 0) is 11.6 Å². The van der Waals surface area contributed by atoms with Crippen molar-refractivity contribution in [3.8, 4) is 18.2 Å². The molecule has 15 heavy (non-hydrogen) atoms. The Kier molecular flexibility index (Phi) is 3.08. The Labute approximate surface area is 90.9 Å². The lowest BCUT2D eigenvalue weighted by molar-refractivity contribution is -0.358. The molecule has 1 aromatic rings. The fourth-order valence-corrected chi connectivity index (χ4v) is 1.42. The van der Waals surface area contributed by atoms with Crippen molar-refractivity contribution in [1.29, 1.82) is 15.8 Å². The molecule has 3 N–H and O–H groups in total. The lowest BCUT2D eigenvalue weighted by Crippen LogP contribution is -2.18. The number of aromatic amines is 1. The highest BCUT2D eigenvalue weighted by Gasteiger charge is 2.20. The maximum atomic E-state index is 8.82. The van der Waals surface area contributed by atoms with Gasteiger partial charge >= 0.3 is 0 Å². The van der Waals surface area contributed by atoms with Crippen LogP contribution in [0.4, 0.5) is 5.82 Å². The van der Waals surface area contributed by atoms with Gasteiger partial charge in [-0.3, -0.25) is 5.73 Å². The van der Waals surface area contributed by atoms with Crippen molar-refractivity contribution in [3.05, 3.63) is 21.8 Å². The van der Waals surface area contributed by atoms with Gasteiger partial charge in [-0.1, -0.05) is 0 Å². The molecule has 0 aliphatic rings. The van der Waals surface area contributed by atoms with Crippen LogP contribution in [0, 0.1) is 34.0 Å². The third-order valence-corrected chi connectivity index (χ3v) is 2.10. The summed E-state index contributed by atoms with van der Waals surface area (Å²) in [5.74, 6) is 0.0618. The van der Waals surface area contributed by atoms with E-state index in [1.807, 2.05) is 18.2 Å². The molecular formula is C9H5ClN5+. The summed E-state index contributed by atoms with van der Waals surface area (Å²) < 4.78 is 0. The molecule has 0 saturated carbocycles. The molecule has 0 bridgehead atoms. The Morgan fingerprint density at radius 1 is 1.20 bits per heavy atom. The van der Waals surface area contributed by atoms with Gasteiger partial charge in [-0.15, -0.1) is 0 Å². The van der Waals surface area contributed by atoms with Crippen molar-refractivity contribution in [2.24, 2.45) is 0 Å². The molecule has 1 rings (SSSR count). The predicted molar refractivity (Wildman–Crippen MR) is 51.2 cm³/mol. The number of aromatic nitrogens is 1. The number of H-pyrrole nitrogens is 1. The minimum Gasteiger partial charge on any atom is -0.286 e. The number of hydrogen-bond acceptors (Lipinski definition) is 4. The van der Waals surface area contributed by atoms with Gasteiger partial charge < -0.3 is 0 Å². The topological polar surface area (TPSA) is 112 Å². The fraction of sp³-hybridized carbons (Fsp3) is 0.111. The predicted octanol–water partition coefficient (Wildman–Crippen LogP) is 0.546. The number of nitriles is 3. The monoisotopic (exact) mass is 218 g/mol. The first-order valence-electron chi connectivity index (χ1n) is 3.86. The van der Waals surface area contributed by atoms with Crippen LogP contribution in [0.3, 0.4) is 0 Å². The molecule has 6 heteroatoms. The van der Waals surface area contributed by atoms with Gasteiger partial charge in [0.1, 0.15) is 23.3 Å². The summed E-state index contributed by atoms with van der Waals surface area (Å²) >= 11 is 5.72. The molecule has 0 amide bonds. The summed E-state index contributed by atoms with van der Waals surface area (Å²) in [4.78, 5) is 2.50. The Balaban J connectivity index is 3.64. The zero-order valence-electron chi connectivity index (χ0n) is 7.50. The van der Waals surface area contributed by atoms with Crippen molar-refractivity contribution in [1.82, 2.24) is 0 Å². The summed E-state index contributed by atoms with van der Waals surface area (Å²) in [5.41, 5.74) is 5.95. The van der Waals surface area contributed by atoms with Crippen LogP contribution in [-0.2, 0) is 6.42 Å². The molecule has 5 nitrogen and oxygen atoms in total. The van der Waals surface area contributed by atoms with E-state index in [1.165, 1.54) is 0 Å². The summed E-state index contributed by atoms with van der Waals surface area (Å²) in [6, 6.07) is 5.52. The van der Waals surface area contributed by atoms with E-state index < -0.39 is 0 Å². The number of rotatable bonds is 1. The van der Waals surface area contributed by atoms with Crippen LogP contribution < -0.4 is 10.7 Å². The molecular weight excluding hydrogens is 214 g/mol. The Morgan fingerprint density at radius 2 is 1.80 bits per heavy atom. The lowest BCUT2D eigenvalue weighted by Gasteiger charge is -2.02. The van der Waals surface area contributed by atoms with Crippen LogP contribution in [0.2, 0.25) is 5.15 Å². The molecule has 0 aliphatic carbocycles.